The highest BCUT2D eigenvalue weighted by molar-refractivity contribution is 6.20. The molecule has 1 saturated heterocycles. The molecule has 4 unspecified atom stereocenters. The van der Waals surface area contributed by atoms with E-state index < -0.39 is 0 Å². The van der Waals surface area contributed by atoms with Gasteiger partial charge in [-0.05, 0) is 117 Å². The smallest absolute Gasteiger partial charge is 0.0641 e. The van der Waals surface area contributed by atoms with Gasteiger partial charge in [-0.15, -0.1) is 11.6 Å². The molecule has 1 saturated carbocycles. The molecule has 0 amide bonds. The lowest BCUT2D eigenvalue weighted by Gasteiger charge is -2.49. The normalized spacial score (nSPS) is 32.1. The number of aliphatic hydroxyl groups is 1. The van der Waals surface area contributed by atoms with Crippen molar-refractivity contribution >= 4 is 11.6 Å². The Labute approximate surface area is 256 Å². The quantitative estimate of drug-likeness (QED) is 0.294. The van der Waals surface area contributed by atoms with E-state index in [0.717, 1.165) is 43.2 Å². The molecule has 4 aliphatic rings. The monoisotopic (exact) mass is 606 g/mol. The second-order valence-corrected chi connectivity index (χ2v) is 14.5. The number of hydrogen-bond acceptors (Lipinski definition) is 3. The average Bonchev–Trinajstić information content (AvgIpc) is 2.87. The Hall–Kier alpha value is -0.510. The third-order valence-corrected chi connectivity index (χ3v) is 10.8. The maximum atomic E-state index is 9.97. The summed E-state index contributed by atoms with van der Waals surface area (Å²) in [5.74, 6) is 4.44. The third-order valence-electron chi connectivity index (χ3n) is 10.3. The lowest BCUT2D eigenvalue weighted by Crippen LogP contribution is -2.53. The maximum absolute atomic E-state index is 9.97. The molecule has 4 rings (SSSR count). The van der Waals surface area contributed by atoms with Crippen LogP contribution in [0, 0.1) is 40.9 Å². The number of nitrogens with one attached hydrogen (secondary N) is 1. The number of nitrogens with zero attached hydrogens (tertiary/aromatic N) is 1. The van der Waals surface area contributed by atoms with E-state index in [9.17, 15) is 5.11 Å². The molecule has 7 nitrogen and oxygen atoms in total. The van der Waals surface area contributed by atoms with E-state index in [1.165, 1.54) is 76.5 Å². The van der Waals surface area contributed by atoms with Gasteiger partial charge in [0.15, 0.2) is 0 Å². The maximum Gasteiger partial charge on any atom is 0.0641 e. The van der Waals surface area contributed by atoms with Crippen molar-refractivity contribution in [3.63, 3.8) is 0 Å². The van der Waals surface area contributed by atoms with Crippen LogP contribution in [0.1, 0.15) is 99.3 Å². The molecule has 0 radical (unpaired) electrons. The molecule has 0 bridgehead atoms. The number of halogens is 1. The summed E-state index contributed by atoms with van der Waals surface area (Å²) in [5.41, 5.74) is 1.66. The van der Waals surface area contributed by atoms with Crippen LogP contribution in [0.2, 0.25) is 0 Å². The van der Waals surface area contributed by atoms with Gasteiger partial charge < -0.3 is 37.2 Å². The zero-order valence-electron chi connectivity index (χ0n) is 25.7. The largest absolute Gasteiger partial charge is 0.412 e. The Balaban J connectivity index is 0. The van der Waals surface area contributed by atoms with Crippen LogP contribution in [0.15, 0.2) is 23.8 Å². The fraction of sp³-hybridized carbons (Fsp3) is 0.879. The molecule has 246 valence electrons. The van der Waals surface area contributed by atoms with Crippen molar-refractivity contribution in [3.8, 4) is 0 Å². The molecule has 2 fully saturated rings. The number of aliphatic hydroxyl groups excluding tert-OH is 1. The van der Waals surface area contributed by atoms with E-state index in [1.54, 1.807) is 0 Å². The van der Waals surface area contributed by atoms with Crippen molar-refractivity contribution in [2.75, 3.05) is 32.8 Å². The Morgan fingerprint density at radius 3 is 2.22 bits per heavy atom. The summed E-state index contributed by atoms with van der Waals surface area (Å²) in [6.07, 6.45) is 19.8. The van der Waals surface area contributed by atoms with Gasteiger partial charge >= 0.3 is 0 Å². The van der Waals surface area contributed by atoms with Crippen LogP contribution in [0.4, 0.5) is 0 Å². The van der Waals surface area contributed by atoms with Gasteiger partial charge in [0.05, 0.1) is 6.61 Å². The van der Waals surface area contributed by atoms with E-state index >= 15 is 0 Å². The average molecular weight is 607 g/mol. The third kappa shape index (κ3) is 11.8. The predicted molar refractivity (Wildman–Crippen MR) is 176 cm³/mol. The highest BCUT2D eigenvalue weighted by Gasteiger charge is 2.41. The summed E-state index contributed by atoms with van der Waals surface area (Å²) in [6.45, 7) is 14.7. The molecule has 0 aromatic rings. The summed E-state index contributed by atoms with van der Waals surface area (Å²) in [5, 5.41) is 14.4. The first-order valence-corrected chi connectivity index (χ1v) is 15.7. The molecule has 1 aliphatic heterocycles. The van der Waals surface area contributed by atoms with Crippen molar-refractivity contribution < 1.29 is 27.0 Å². The Morgan fingerprint density at radius 1 is 0.976 bits per heavy atom. The second kappa shape index (κ2) is 19.7. The summed E-state index contributed by atoms with van der Waals surface area (Å²) in [4.78, 5) is 2.76. The molecule has 0 spiro atoms. The Kier molecular flexibility index (Phi) is 20.5. The van der Waals surface area contributed by atoms with E-state index in [-0.39, 0.29) is 35.9 Å². The highest BCUT2D eigenvalue weighted by atomic mass is 35.5. The molecule has 3 aliphatic carbocycles. The van der Waals surface area contributed by atoms with E-state index in [0.29, 0.717) is 28.7 Å². The number of allylic oxidation sites excluding steroid dienone is 2. The number of piperidine rings is 1. The zero-order chi connectivity index (χ0) is 25.7. The summed E-state index contributed by atoms with van der Waals surface area (Å²) in [7, 11) is 0. The molecular formula is C33H67ClN2O5. The van der Waals surface area contributed by atoms with Crippen LogP contribution in [-0.4, -0.2) is 76.1 Å². The topological polar surface area (TPSA) is 162 Å². The first kappa shape index (κ1) is 42.6. The number of rotatable bonds is 9. The van der Waals surface area contributed by atoms with Crippen LogP contribution < -0.4 is 5.32 Å². The molecule has 0 aromatic heterocycles. The highest BCUT2D eigenvalue weighted by Crippen LogP contribution is 2.45. The van der Waals surface area contributed by atoms with E-state index in [1.807, 2.05) is 0 Å². The lowest BCUT2D eigenvalue weighted by molar-refractivity contribution is 0.00467. The first-order valence-electron chi connectivity index (χ1n) is 15.3. The van der Waals surface area contributed by atoms with Gasteiger partial charge in [-0.3, -0.25) is 0 Å². The molecular weight excluding hydrogens is 540 g/mol. The molecule has 8 heteroatoms. The minimum atomic E-state index is 0. The van der Waals surface area contributed by atoms with Crippen molar-refractivity contribution in [2.45, 2.75) is 111 Å². The molecule has 10 N–H and O–H groups in total. The Bertz CT molecular complexity index is 754. The van der Waals surface area contributed by atoms with E-state index in [2.05, 4.69) is 56.1 Å². The van der Waals surface area contributed by atoms with Crippen LogP contribution in [0.3, 0.4) is 0 Å². The molecule has 0 aromatic carbocycles. The van der Waals surface area contributed by atoms with Crippen LogP contribution in [-0.2, 0) is 0 Å². The zero-order valence-corrected chi connectivity index (χ0v) is 26.5. The number of alkyl halides is 1. The van der Waals surface area contributed by atoms with Crippen LogP contribution >= 0.6 is 11.6 Å². The lowest BCUT2D eigenvalue weighted by atomic mass is 9.64. The second-order valence-electron chi connectivity index (χ2n) is 13.9. The van der Waals surface area contributed by atoms with Gasteiger partial charge in [-0.25, -0.2) is 0 Å². The molecule has 1 heterocycles. The minimum absolute atomic E-state index is 0. The number of likely N-dealkylation sites (tertiary alicyclic amines) is 1. The first-order chi connectivity index (χ1) is 17.2. The van der Waals surface area contributed by atoms with Gasteiger partial charge in [-0.1, -0.05) is 53.3 Å². The SMILES string of the molecule is C.CC(C)[C@H](CN1CCC(C2CCC(Cl)CC2)C(C)(C)C1)NCC1C=C(CO)CC(C2CC=CCC2)C1.O.O.O.O. The van der Waals surface area contributed by atoms with Gasteiger partial charge in [0.1, 0.15) is 0 Å². The van der Waals surface area contributed by atoms with Crippen molar-refractivity contribution in [3.05, 3.63) is 23.8 Å². The van der Waals surface area contributed by atoms with Crippen molar-refractivity contribution in [1.29, 1.82) is 0 Å². The fourth-order valence-electron chi connectivity index (χ4n) is 8.23. The summed E-state index contributed by atoms with van der Waals surface area (Å²) in [6, 6.07) is 0.521. The minimum Gasteiger partial charge on any atom is -0.412 e. The number of hydrogen-bond donors (Lipinski definition) is 2. The van der Waals surface area contributed by atoms with Gasteiger partial charge in [0, 0.05) is 31.1 Å². The fourth-order valence-corrected chi connectivity index (χ4v) is 8.48. The van der Waals surface area contributed by atoms with Crippen molar-refractivity contribution in [1.82, 2.24) is 10.2 Å². The Morgan fingerprint density at radius 2 is 1.66 bits per heavy atom. The van der Waals surface area contributed by atoms with Crippen LogP contribution in [0.25, 0.3) is 0 Å². The van der Waals surface area contributed by atoms with Gasteiger partial charge in [0.25, 0.3) is 0 Å². The van der Waals surface area contributed by atoms with Gasteiger partial charge in [-0.2, -0.15) is 0 Å². The summed E-state index contributed by atoms with van der Waals surface area (Å²) >= 11 is 6.42. The van der Waals surface area contributed by atoms with Crippen LogP contribution in [0.5, 0.6) is 0 Å². The standard InChI is InChI=1S/C32H55ClN2O.CH4.4H2O/c1-23(2)31(20-35-15-14-30(32(3,4)22-35)27-10-12-29(33)13-11-27)34-19-24-16-25(21-36)18-28(17-24)26-8-6-5-7-9-26;;;;;/h5-6,16,23-24,26-31,34,36H,7-15,17-22H2,1-4H3;1H4;4*1H2/t24?,26?,27?,28?,29?,30?,31-;;;;;/m0...../s1. The predicted octanol–water partition coefficient (Wildman–Crippen LogP) is 4.38. The molecule has 5 atom stereocenters. The van der Waals surface area contributed by atoms with Gasteiger partial charge in [0.2, 0.25) is 0 Å². The molecule has 41 heavy (non-hydrogen) atoms. The van der Waals surface area contributed by atoms with E-state index in [4.69, 9.17) is 11.6 Å². The summed E-state index contributed by atoms with van der Waals surface area (Å²) < 4.78 is 0. The van der Waals surface area contributed by atoms with Crippen molar-refractivity contribution in [2.24, 2.45) is 40.9 Å².